The molecule has 200 valence electrons. The zero-order valence-electron chi connectivity index (χ0n) is 21.5. The van der Waals surface area contributed by atoms with Gasteiger partial charge in [-0.1, -0.05) is 13.8 Å². The highest BCUT2D eigenvalue weighted by Gasteiger charge is 2.69. The van der Waals surface area contributed by atoms with Crippen LogP contribution in [0.3, 0.4) is 0 Å². The van der Waals surface area contributed by atoms with E-state index in [1.165, 1.54) is 18.1 Å². The van der Waals surface area contributed by atoms with Gasteiger partial charge in [-0.3, -0.25) is 28.9 Å². The number of primary amides is 1. The van der Waals surface area contributed by atoms with Crippen molar-refractivity contribution in [3.8, 4) is 11.5 Å². The first kappa shape index (κ1) is 26.9. The Labute approximate surface area is 214 Å². The molecule has 4 rings (SSSR count). The minimum absolute atomic E-state index is 0.0116. The molecule has 2 saturated carbocycles. The Hall–Kier alpha value is -3.15. The number of amides is 1. The molecule has 0 aliphatic heterocycles. The Bertz CT molecular complexity index is 1210. The van der Waals surface area contributed by atoms with Crippen LogP contribution in [-0.2, 0) is 32.1 Å². The lowest BCUT2D eigenvalue weighted by Crippen LogP contribution is -2.74. The number of nitrogens with two attached hydrogens (primary N) is 1. The average Bonchev–Trinajstić information content (AvgIpc) is 2.79. The maximum atomic E-state index is 13.8. The summed E-state index contributed by atoms with van der Waals surface area (Å²) in [5.41, 5.74) is 3.58. The van der Waals surface area contributed by atoms with Crippen LogP contribution in [0, 0.1) is 23.7 Å². The van der Waals surface area contributed by atoms with Crippen LogP contribution in [0.2, 0.25) is 0 Å². The van der Waals surface area contributed by atoms with E-state index in [4.69, 9.17) is 10.5 Å². The van der Waals surface area contributed by atoms with Gasteiger partial charge in [0.1, 0.15) is 11.5 Å². The van der Waals surface area contributed by atoms with Gasteiger partial charge in [-0.15, -0.1) is 0 Å². The molecular weight excluding hydrogens is 482 g/mol. The lowest BCUT2D eigenvalue weighted by Gasteiger charge is -2.52. The molecular formula is C26H33N3O8. The maximum absolute atomic E-state index is 13.8. The second-order valence-corrected chi connectivity index (χ2v) is 10.8. The lowest BCUT2D eigenvalue weighted by molar-refractivity contribution is -0.181. The van der Waals surface area contributed by atoms with Gasteiger partial charge < -0.3 is 26.0 Å². The van der Waals surface area contributed by atoms with Crippen molar-refractivity contribution in [2.75, 3.05) is 21.2 Å². The fourth-order valence-corrected chi connectivity index (χ4v) is 6.42. The number of benzene rings is 1. The van der Waals surface area contributed by atoms with Gasteiger partial charge in [0.05, 0.1) is 24.6 Å². The number of likely N-dealkylation sites (N-methyl/N-ethyl adjacent to an activating group) is 1. The van der Waals surface area contributed by atoms with E-state index in [0.29, 0.717) is 23.4 Å². The van der Waals surface area contributed by atoms with Crippen LogP contribution < -0.4 is 15.8 Å². The minimum Gasteiger partial charge on any atom is -0.507 e. The molecule has 1 amide bonds. The summed E-state index contributed by atoms with van der Waals surface area (Å²) in [7, 11) is 4.55. The highest BCUT2D eigenvalue weighted by molar-refractivity contribution is 6.32. The number of aliphatic hydroxyl groups is 1. The smallest absolute Gasteiger partial charge is 0.235 e. The molecule has 0 spiro atoms. The quantitative estimate of drug-likeness (QED) is 0.357. The van der Waals surface area contributed by atoms with E-state index in [2.05, 4.69) is 5.32 Å². The number of Topliss-reactive ketones (excluding diaryl/α,β-unsaturated/α-hetero) is 4. The van der Waals surface area contributed by atoms with E-state index in [0.717, 1.165) is 0 Å². The molecule has 37 heavy (non-hydrogen) atoms. The van der Waals surface area contributed by atoms with Gasteiger partial charge in [-0.25, -0.2) is 0 Å². The summed E-state index contributed by atoms with van der Waals surface area (Å²) < 4.78 is 5.64. The van der Waals surface area contributed by atoms with Crippen LogP contribution in [0.4, 0.5) is 0 Å². The van der Waals surface area contributed by atoms with Crippen LogP contribution in [0.15, 0.2) is 6.07 Å². The number of phenols is 1. The number of nitrogens with zero attached hydrogens (tertiary/aromatic N) is 1. The fourth-order valence-electron chi connectivity index (χ4n) is 6.42. The average molecular weight is 516 g/mol. The number of hydrogen-bond donors (Lipinski definition) is 4. The third-order valence-corrected chi connectivity index (χ3v) is 7.99. The van der Waals surface area contributed by atoms with Gasteiger partial charge in [-0.05, 0) is 38.9 Å². The predicted molar refractivity (Wildman–Crippen MR) is 130 cm³/mol. The lowest BCUT2D eigenvalue weighted by atomic mass is 9.52. The second kappa shape index (κ2) is 9.30. The molecule has 2 unspecified atom stereocenters. The molecule has 0 bridgehead atoms. The molecule has 3 aliphatic rings. The molecule has 6 atom stereocenters. The van der Waals surface area contributed by atoms with E-state index in [1.54, 1.807) is 14.1 Å². The number of rotatable bonds is 6. The highest BCUT2D eigenvalue weighted by atomic mass is 16.5. The molecule has 0 saturated heterocycles. The Morgan fingerprint density at radius 1 is 1.24 bits per heavy atom. The third kappa shape index (κ3) is 3.87. The Morgan fingerprint density at radius 2 is 1.89 bits per heavy atom. The van der Waals surface area contributed by atoms with Crippen molar-refractivity contribution < 1.29 is 38.9 Å². The molecule has 3 aliphatic carbocycles. The van der Waals surface area contributed by atoms with Crippen molar-refractivity contribution in [1.82, 2.24) is 10.2 Å². The number of phenolic OH excluding ortho intramolecular Hbond substituents is 1. The zero-order valence-corrected chi connectivity index (χ0v) is 21.5. The van der Waals surface area contributed by atoms with Crippen LogP contribution in [0.5, 0.6) is 11.5 Å². The molecule has 0 heterocycles. The molecule has 1 aromatic carbocycles. The van der Waals surface area contributed by atoms with Gasteiger partial charge in [0.15, 0.2) is 34.7 Å². The normalized spacial score (nSPS) is 31.3. The zero-order chi connectivity index (χ0) is 27.6. The number of fused-ring (bicyclic) bond motifs is 3. The van der Waals surface area contributed by atoms with Crippen LogP contribution in [0.1, 0.15) is 41.8 Å². The topological polar surface area (TPSA) is 176 Å². The van der Waals surface area contributed by atoms with E-state index >= 15 is 0 Å². The number of hydrogen-bond acceptors (Lipinski definition) is 10. The van der Waals surface area contributed by atoms with Crippen LogP contribution in [-0.4, -0.2) is 83.0 Å². The van der Waals surface area contributed by atoms with Crippen molar-refractivity contribution in [1.29, 1.82) is 0 Å². The highest BCUT2D eigenvalue weighted by Crippen LogP contribution is 2.52. The van der Waals surface area contributed by atoms with Crippen molar-refractivity contribution in [3.05, 3.63) is 22.8 Å². The van der Waals surface area contributed by atoms with Gasteiger partial charge in [0, 0.05) is 29.6 Å². The van der Waals surface area contributed by atoms with Crippen LogP contribution >= 0.6 is 0 Å². The Morgan fingerprint density at radius 3 is 2.43 bits per heavy atom. The van der Waals surface area contributed by atoms with E-state index in [9.17, 15) is 34.2 Å². The summed E-state index contributed by atoms with van der Waals surface area (Å²) in [6.45, 7) is 4.29. The number of carbonyl (C=O) groups excluding carboxylic acids is 5. The summed E-state index contributed by atoms with van der Waals surface area (Å²) in [5.74, 6) is -10.3. The van der Waals surface area contributed by atoms with Crippen LogP contribution in [0.25, 0.3) is 0 Å². The number of carbonyl (C=O) groups is 5. The maximum Gasteiger partial charge on any atom is 0.235 e. The Kier molecular flexibility index (Phi) is 6.76. The molecule has 5 N–H and O–H groups in total. The molecule has 11 heteroatoms. The number of nitrogens with one attached hydrogen (secondary N) is 1. The summed E-state index contributed by atoms with van der Waals surface area (Å²) in [6.07, 6.45) is 0.139. The van der Waals surface area contributed by atoms with Gasteiger partial charge >= 0.3 is 0 Å². The first-order valence-electron chi connectivity index (χ1n) is 12.3. The van der Waals surface area contributed by atoms with E-state index < -0.39 is 64.4 Å². The van der Waals surface area contributed by atoms with Crippen molar-refractivity contribution in [3.63, 3.8) is 0 Å². The molecule has 1 aromatic rings. The summed E-state index contributed by atoms with van der Waals surface area (Å²) in [6, 6.07) is 0.417. The molecule has 11 nitrogen and oxygen atoms in total. The first-order valence-corrected chi connectivity index (χ1v) is 12.3. The largest absolute Gasteiger partial charge is 0.507 e. The number of aromatic hydroxyl groups is 1. The third-order valence-electron chi connectivity index (χ3n) is 7.99. The van der Waals surface area contributed by atoms with Gasteiger partial charge in [0.25, 0.3) is 0 Å². The predicted octanol–water partition coefficient (Wildman–Crippen LogP) is -0.626. The molecule has 0 radical (unpaired) electrons. The summed E-state index contributed by atoms with van der Waals surface area (Å²) in [4.78, 5) is 67.4. The number of methoxy groups -OCH3 is 1. The van der Waals surface area contributed by atoms with Crippen molar-refractivity contribution >= 4 is 29.0 Å². The SMILES string of the molecule is COc1c(CNC(C)C)cc(O)c2c1C[C@H]1C[C@H]3[C@H](N(C)C)C(=O)C(C(N)=O)C(=O)[C@@]3(O)C(=O)C1C2=O. The summed E-state index contributed by atoms with van der Waals surface area (Å²) in [5, 5.41) is 25.7. The monoisotopic (exact) mass is 515 g/mol. The molecule has 2 fully saturated rings. The summed E-state index contributed by atoms with van der Waals surface area (Å²) >= 11 is 0. The first-order chi connectivity index (χ1) is 17.3. The van der Waals surface area contributed by atoms with E-state index in [-0.39, 0.29) is 30.2 Å². The van der Waals surface area contributed by atoms with Crippen molar-refractivity contribution in [2.24, 2.45) is 29.4 Å². The van der Waals surface area contributed by atoms with Gasteiger partial charge in [0.2, 0.25) is 5.91 Å². The standard InChI is InChI=1S/C26H33N3O8/c1-10(2)28-9-12-8-15(30)17-13(22(12)37-5)6-11-7-14-19(29(3)4)21(32)18(25(27)35)24(34)26(14,36)23(33)16(11)20(17)31/h8,10-11,14,16,18-19,28,30,36H,6-7,9H2,1-5H3,(H2,27,35)/t11-,14-,16?,18?,19-,26-/m0/s1. The second-order valence-electron chi connectivity index (χ2n) is 10.8. The van der Waals surface area contributed by atoms with Crippen molar-refractivity contribution in [2.45, 2.75) is 50.9 Å². The fraction of sp³-hybridized carbons (Fsp3) is 0.577. The number of ether oxygens (including phenoxy) is 1. The molecule has 0 aromatic heterocycles. The van der Waals surface area contributed by atoms with Gasteiger partial charge in [-0.2, -0.15) is 0 Å². The minimum atomic E-state index is -2.74. The van der Waals surface area contributed by atoms with E-state index in [1.807, 2.05) is 13.8 Å². The Balaban J connectivity index is 1.85. The number of ketones is 4.